The number of hydrogen-bond acceptors (Lipinski definition) is 2. The molecule has 0 spiro atoms. The SMILES string of the molecule is CN(C(=O)C1CC(N)C1)c1cc(Cl)ccc1F. The summed E-state index contributed by atoms with van der Waals surface area (Å²) in [7, 11) is 1.56. The van der Waals surface area contributed by atoms with Crippen molar-refractivity contribution in [1.82, 2.24) is 0 Å². The lowest BCUT2D eigenvalue weighted by atomic mass is 9.80. The number of carbonyl (C=O) groups is 1. The highest BCUT2D eigenvalue weighted by molar-refractivity contribution is 6.30. The molecule has 2 N–H and O–H groups in total. The summed E-state index contributed by atoms with van der Waals surface area (Å²) in [6, 6.07) is 4.26. The normalized spacial score (nSPS) is 23.1. The molecule has 1 aromatic carbocycles. The molecule has 1 fully saturated rings. The molecule has 1 aliphatic carbocycles. The number of nitrogens with two attached hydrogens (primary N) is 1. The molecule has 0 atom stereocenters. The van der Waals surface area contributed by atoms with Gasteiger partial charge in [-0.1, -0.05) is 11.6 Å². The minimum absolute atomic E-state index is 0.0895. The Morgan fingerprint density at radius 1 is 1.53 bits per heavy atom. The first-order valence-electron chi connectivity index (χ1n) is 5.47. The lowest BCUT2D eigenvalue weighted by Crippen LogP contribution is -2.45. The molecule has 1 amide bonds. The van der Waals surface area contributed by atoms with E-state index < -0.39 is 5.82 Å². The monoisotopic (exact) mass is 256 g/mol. The van der Waals surface area contributed by atoms with Gasteiger partial charge in [-0.2, -0.15) is 0 Å². The van der Waals surface area contributed by atoms with Crippen LogP contribution in [0, 0.1) is 11.7 Å². The van der Waals surface area contributed by atoms with E-state index in [4.69, 9.17) is 17.3 Å². The van der Waals surface area contributed by atoms with Gasteiger partial charge in [0.15, 0.2) is 0 Å². The van der Waals surface area contributed by atoms with Crippen molar-refractivity contribution in [2.75, 3.05) is 11.9 Å². The van der Waals surface area contributed by atoms with Gasteiger partial charge < -0.3 is 10.6 Å². The maximum Gasteiger partial charge on any atom is 0.230 e. The molecule has 0 radical (unpaired) electrons. The number of nitrogens with zero attached hydrogens (tertiary/aromatic N) is 1. The van der Waals surface area contributed by atoms with Gasteiger partial charge in [0, 0.05) is 24.0 Å². The van der Waals surface area contributed by atoms with E-state index >= 15 is 0 Å². The van der Waals surface area contributed by atoms with Gasteiger partial charge in [0.05, 0.1) is 5.69 Å². The van der Waals surface area contributed by atoms with Crippen molar-refractivity contribution < 1.29 is 9.18 Å². The second-order valence-electron chi connectivity index (χ2n) is 4.42. The topological polar surface area (TPSA) is 46.3 Å². The molecule has 0 saturated heterocycles. The predicted molar refractivity (Wildman–Crippen MR) is 65.5 cm³/mol. The Labute approximate surface area is 104 Å². The van der Waals surface area contributed by atoms with Gasteiger partial charge in [-0.25, -0.2) is 4.39 Å². The first kappa shape index (κ1) is 12.3. The number of carbonyl (C=O) groups excluding carboxylic acids is 1. The molecular formula is C12H14ClFN2O. The number of benzene rings is 1. The number of hydrogen-bond donors (Lipinski definition) is 1. The van der Waals surface area contributed by atoms with Crippen molar-refractivity contribution in [3.63, 3.8) is 0 Å². The highest BCUT2D eigenvalue weighted by atomic mass is 35.5. The van der Waals surface area contributed by atoms with Gasteiger partial charge >= 0.3 is 0 Å². The molecule has 0 heterocycles. The standard InChI is InChI=1S/C12H14ClFN2O/c1-16(12(17)7-4-9(15)5-7)11-6-8(13)2-3-10(11)14/h2-3,6-7,9H,4-5,15H2,1H3. The van der Waals surface area contributed by atoms with Gasteiger partial charge in [-0.05, 0) is 31.0 Å². The summed E-state index contributed by atoms with van der Waals surface area (Å²) < 4.78 is 13.6. The van der Waals surface area contributed by atoms with Crippen LogP contribution in [0.4, 0.5) is 10.1 Å². The van der Waals surface area contributed by atoms with Crippen LogP contribution in [0.2, 0.25) is 5.02 Å². The molecule has 17 heavy (non-hydrogen) atoms. The molecular weight excluding hydrogens is 243 g/mol. The van der Waals surface area contributed by atoms with Crippen LogP contribution in [0.1, 0.15) is 12.8 Å². The van der Waals surface area contributed by atoms with Gasteiger partial charge in [0.1, 0.15) is 5.82 Å². The first-order valence-corrected chi connectivity index (χ1v) is 5.85. The highest BCUT2D eigenvalue weighted by Gasteiger charge is 2.34. The molecule has 0 unspecified atom stereocenters. The average molecular weight is 257 g/mol. The summed E-state index contributed by atoms with van der Waals surface area (Å²) in [5.74, 6) is -0.643. The van der Waals surface area contributed by atoms with E-state index in [1.165, 1.54) is 23.1 Å². The van der Waals surface area contributed by atoms with Crippen LogP contribution >= 0.6 is 11.6 Å². The number of rotatable bonds is 2. The fraction of sp³-hybridized carbons (Fsp3) is 0.417. The van der Waals surface area contributed by atoms with Gasteiger partial charge in [0.2, 0.25) is 5.91 Å². The summed E-state index contributed by atoms with van der Waals surface area (Å²) in [4.78, 5) is 13.3. The van der Waals surface area contributed by atoms with E-state index in [0.29, 0.717) is 17.9 Å². The third-order valence-electron chi connectivity index (χ3n) is 3.12. The van der Waals surface area contributed by atoms with Crippen LogP contribution < -0.4 is 10.6 Å². The fourth-order valence-corrected chi connectivity index (χ4v) is 2.17. The van der Waals surface area contributed by atoms with Crippen LogP contribution in [0.5, 0.6) is 0 Å². The van der Waals surface area contributed by atoms with Crippen molar-refractivity contribution in [2.24, 2.45) is 11.7 Å². The quantitative estimate of drug-likeness (QED) is 0.882. The van der Waals surface area contributed by atoms with Crippen LogP contribution in [0.15, 0.2) is 18.2 Å². The third-order valence-corrected chi connectivity index (χ3v) is 3.36. The Kier molecular flexibility index (Phi) is 3.35. The minimum Gasteiger partial charge on any atom is -0.328 e. The molecule has 1 saturated carbocycles. The van der Waals surface area contributed by atoms with Gasteiger partial charge in [0.25, 0.3) is 0 Å². The second kappa shape index (κ2) is 4.63. The maximum atomic E-state index is 13.6. The fourth-order valence-electron chi connectivity index (χ4n) is 2.00. The number of amides is 1. The zero-order valence-corrected chi connectivity index (χ0v) is 10.2. The van der Waals surface area contributed by atoms with Gasteiger partial charge in [-0.3, -0.25) is 4.79 Å². The summed E-state index contributed by atoms with van der Waals surface area (Å²) in [5, 5.41) is 0.409. The molecule has 3 nitrogen and oxygen atoms in total. The van der Waals surface area contributed by atoms with E-state index in [1.54, 1.807) is 7.05 Å². The maximum absolute atomic E-state index is 13.6. The largest absolute Gasteiger partial charge is 0.328 e. The molecule has 1 aliphatic rings. The van der Waals surface area contributed by atoms with E-state index in [9.17, 15) is 9.18 Å². The summed E-state index contributed by atoms with van der Waals surface area (Å²) in [6.45, 7) is 0. The van der Waals surface area contributed by atoms with E-state index in [1.807, 2.05) is 0 Å². The average Bonchev–Trinajstić information content (AvgIpc) is 2.26. The van der Waals surface area contributed by atoms with Gasteiger partial charge in [-0.15, -0.1) is 0 Å². The molecule has 0 bridgehead atoms. The first-order chi connectivity index (χ1) is 7.99. The summed E-state index contributed by atoms with van der Waals surface area (Å²) in [6.07, 6.45) is 1.34. The zero-order valence-electron chi connectivity index (χ0n) is 9.49. The molecule has 0 aliphatic heterocycles. The van der Waals surface area contributed by atoms with E-state index in [2.05, 4.69) is 0 Å². The van der Waals surface area contributed by atoms with Crippen LogP contribution in [0.3, 0.4) is 0 Å². The molecule has 1 aromatic rings. The minimum atomic E-state index is -0.450. The summed E-state index contributed by atoms with van der Waals surface area (Å²) >= 11 is 5.79. The van der Waals surface area contributed by atoms with Crippen molar-refractivity contribution in [1.29, 1.82) is 0 Å². The van der Waals surface area contributed by atoms with E-state index in [-0.39, 0.29) is 23.6 Å². The zero-order chi connectivity index (χ0) is 12.6. The van der Waals surface area contributed by atoms with Crippen molar-refractivity contribution in [2.45, 2.75) is 18.9 Å². The van der Waals surface area contributed by atoms with Crippen molar-refractivity contribution >= 4 is 23.2 Å². The Balaban J connectivity index is 2.16. The Bertz CT molecular complexity index is 446. The molecule has 0 aromatic heterocycles. The Morgan fingerprint density at radius 2 is 2.18 bits per heavy atom. The smallest absolute Gasteiger partial charge is 0.230 e. The molecule has 5 heteroatoms. The predicted octanol–water partition coefficient (Wildman–Crippen LogP) is 2.18. The molecule has 2 rings (SSSR count). The summed E-state index contributed by atoms with van der Waals surface area (Å²) in [5.41, 5.74) is 5.84. The lowest BCUT2D eigenvalue weighted by Gasteiger charge is -2.34. The number of anilines is 1. The van der Waals surface area contributed by atoms with Crippen LogP contribution in [0.25, 0.3) is 0 Å². The van der Waals surface area contributed by atoms with E-state index in [0.717, 1.165) is 0 Å². The van der Waals surface area contributed by atoms with Crippen molar-refractivity contribution in [3.05, 3.63) is 29.0 Å². The Hall–Kier alpha value is -1.13. The number of halogens is 2. The lowest BCUT2D eigenvalue weighted by molar-refractivity contribution is -0.124. The second-order valence-corrected chi connectivity index (χ2v) is 4.86. The van der Waals surface area contributed by atoms with Crippen molar-refractivity contribution in [3.8, 4) is 0 Å². The molecule has 92 valence electrons. The van der Waals surface area contributed by atoms with Crippen LogP contribution in [-0.4, -0.2) is 19.0 Å². The Morgan fingerprint density at radius 3 is 2.76 bits per heavy atom. The highest BCUT2D eigenvalue weighted by Crippen LogP contribution is 2.30. The third kappa shape index (κ3) is 2.42. The van der Waals surface area contributed by atoms with Crippen LogP contribution in [-0.2, 0) is 4.79 Å².